The van der Waals surface area contributed by atoms with Crippen molar-refractivity contribution in [2.75, 3.05) is 6.61 Å². The molecule has 0 bridgehead atoms. The number of imidazole rings is 1. The van der Waals surface area contributed by atoms with Crippen LogP contribution in [0.4, 0.5) is 4.39 Å². The van der Waals surface area contributed by atoms with E-state index in [2.05, 4.69) is 15.1 Å². The standard InChI is InChI=1S/C12H11FN4O/c1-2-18-11-7-10-9(6-8(11)13)15-12(16-10)17-5-3-4-14-17/h3-7H,2H2,1H3,(H,15,16). The van der Waals surface area contributed by atoms with Crippen LogP contribution in [0.1, 0.15) is 6.92 Å². The Morgan fingerprint density at radius 2 is 2.33 bits per heavy atom. The molecular weight excluding hydrogens is 235 g/mol. The van der Waals surface area contributed by atoms with Gasteiger partial charge in [0, 0.05) is 24.5 Å². The summed E-state index contributed by atoms with van der Waals surface area (Å²) in [5.41, 5.74) is 1.26. The van der Waals surface area contributed by atoms with Crippen LogP contribution in [0.15, 0.2) is 30.6 Å². The van der Waals surface area contributed by atoms with Crippen molar-refractivity contribution in [2.24, 2.45) is 0 Å². The third kappa shape index (κ3) is 1.71. The fraction of sp³-hybridized carbons (Fsp3) is 0.167. The Labute approximate surface area is 102 Å². The van der Waals surface area contributed by atoms with Crippen LogP contribution in [0.3, 0.4) is 0 Å². The molecule has 2 heterocycles. The van der Waals surface area contributed by atoms with Crippen LogP contribution >= 0.6 is 0 Å². The smallest absolute Gasteiger partial charge is 0.229 e. The first-order valence-electron chi connectivity index (χ1n) is 5.60. The fourth-order valence-electron chi connectivity index (χ4n) is 1.77. The Kier molecular flexibility index (Phi) is 2.47. The highest BCUT2D eigenvalue weighted by Crippen LogP contribution is 2.24. The lowest BCUT2D eigenvalue weighted by Crippen LogP contribution is -1.95. The largest absolute Gasteiger partial charge is 0.491 e. The van der Waals surface area contributed by atoms with Crippen molar-refractivity contribution in [3.8, 4) is 11.7 Å². The summed E-state index contributed by atoms with van der Waals surface area (Å²) in [6, 6.07) is 4.75. The maximum Gasteiger partial charge on any atom is 0.229 e. The van der Waals surface area contributed by atoms with Crippen LogP contribution in [-0.4, -0.2) is 26.4 Å². The molecular formula is C12H11FN4O. The lowest BCUT2D eigenvalue weighted by molar-refractivity contribution is 0.322. The lowest BCUT2D eigenvalue weighted by Gasteiger charge is -2.03. The van der Waals surface area contributed by atoms with Gasteiger partial charge in [-0.05, 0) is 13.0 Å². The zero-order valence-electron chi connectivity index (χ0n) is 9.72. The summed E-state index contributed by atoms with van der Waals surface area (Å²) in [5.74, 6) is 0.353. The predicted molar refractivity (Wildman–Crippen MR) is 64.3 cm³/mol. The molecule has 3 aromatic rings. The average molecular weight is 246 g/mol. The molecule has 0 spiro atoms. The van der Waals surface area contributed by atoms with E-state index < -0.39 is 5.82 Å². The minimum atomic E-state index is -0.403. The number of benzene rings is 1. The maximum atomic E-state index is 13.7. The van der Waals surface area contributed by atoms with Gasteiger partial charge >= 0.3 is 0 Å². The highest BCUT2D eigenvalue weighted by molar-refractivity contribution is 5.78. The van der Waals surface area contributed by atoms with Gasteiger partial charge < -0.3 is 9.72 Å². The number of aromatic amines is 1. The van der Waals surface area contributed by atoms with Crippen LogP contribution in [0.2, 0.25) is 0 Å². The second-order valence-corrected chi connectivity index (χ2v) is 3.74. The molecule has 1 aromatic carbocycles. The minimum Gasteiger partial charge on any atom is -0.491 e. The fourth-order valence-corrected chi connectivity index (χ4v) is 1.77. The Balaban J connectivity index is 2.12. The van der Waals surface area contributed by atoms with Crippen LogP contribution in [0, 0.1) is 5.82 Å². The number of H-pyrrole nitrogens is 1. The Bertz CT molecular complexity index is 675. The topological polar surface area (TPSA) is 55.7 Å². The summed E-state index contributed by atoms with van der Waals surface area (Å²) in [4.78, 5) is 7.34. The third-order valence-electron chi connectivity index (χ3n) is 2.54. The number of hydrogen-bond acceptors (Lipinski definition) is 3. The van der Waals surface area contributed by atoms with Gasteiger partial charge in [0.15, 0.2) is 11.6 Å². The number of aromatic nitrogens is 4. The molecule has 0 atom stereocenters. The molecule has 0 saturated carbocycles. The summed E-state index contributed by atoms with van der Waals surface area (Å²) in [6.07, 6.45) is 3.41. The van der Waals surface area contributed by atoms with E-state index in [1.807, 2.05) is 6.92 Å². The molecule has 3 rings (SSSR count). The molecule has 0 saturated heterocycles. The number of fused-ring (bicyclic) bond motifs is 1. The van der Waals surface area contributed by atoms with Gasteiger partial charge in [-0.15, -0.1) is 0 Å². The molecule has 0 aliphatic rings. The van der Waals surface area contributed by atoms with Gasteiger partial charge in [0.05, 0.1) is 17.6 Å². The van der Waals surface area contributed by atoms with E-state index in [-0.39, 0.29) is 5.75 Å². The Morgan fingerprint density at radius 3 is 3.06 bits per heavy atom. The van der Waals surface area contributed by atoms with E-state index in [0.717, 1.165) is 0 Å². The first-order valence-corrected chi connectivity index (χ1v) is 5.60. The van der Waals surface area contributed by atoms with Gasteiger partial charge in [-0.1, -0.05) is 0 Å². The third-order valence-corrected chi connectivity index (χ3v) is 2.54. The predicted octanol–water partition coefficient (Wildman–Crippen LogP) is 2.29. The second-order valence-electron chi connectivity index (χ2n) is 3.74. The zero-order chi connectivity index (χ0) is 12.5. The van der Waals surface area contributed by atoms with Crippen molar-refractivity contribution >= 4 is 11.0 Å². The summed E-state index contributed by atoms with van der Waals surface area (Å²) in [7, 11) is 0. The summed E-state index contributed by atoms with van der Waals surface area (Å²) in [5, 5.41) is 4.06. The highest BCUT2D eigenvalue weighted by atomic mass is 19.1. The average Bonchev–Trinajstić information content (AvgIpc) is 2.97. The molecule has 1 N–H and O–H groups in total. The normalized spacial score (nSPS) is 11.0. The van der Waals surface area contributed by atoms with Crippen molar-refractivity contribution in [2.45, 2.75) is 6.92 Å². The van der Waals surface area contributed by atoms with Gasteiger partial charge in [-0.3, -0.25) is 0 Å². The molecule has 0 unspecified atom stereocenters. The van der Waals surface area contributed by atoms with E-state index >= 15 is 0 Å². The van der Waals surface area contributed by atoms with Gasteiger partial charge in [-0.25, -0.2) is 14.1 Å². The van der Waals surface area contributed by atoms with Crippen molar-refractivity contribution in [3.05, 3.63) is 36.4 Å². The number of ether oxygens (including phenoxy) is 1. The molecule has 0 radical (unpaired) electrons. The molecule has 18 heavy (non-hydrogen) atoms. The monoisotopic (exact) mass is 246 g/mol. The van der Waals surface area contributed by atoms with Crippen LogP contribution in [-0.2, 0) is 0 Å². The molecule has 6 heteroatoms. The summed E-state index contributed by atoms with van der Waals surface area (Å²) in [6.45, 7) is 2.22. The van der Waals surface area contributed by atoms with E-state index in [0.29, 0.717) is 23.6 Å². The summed E-state index contributed by atoms with van der Waals surface area (Å²) < 4.78 is 20.4. The van der Waals surface area contributed by atoms with Crippen molar-refractivity contribution in [1.82, 2.24) is 19.7 Å². The lowest BCUT2D eigenvalue weighted by atomic mass is 10.3. The number of nitrogens with zero attached hydrogens (tertiary/aromatic N) is 3. The molecule has 0 amide bonds. The summed E-state index contributed by atoms with van der Waals surface area (Å²) >= 11 is 0. The number of rotatable bonds is 3. The zero-order valence-corrected chi connectivity index (χ0v) is 9.72. The van der Waals surface area contributed by atoms with Crippen LogP contribution in [0.25, 0.3) is 17.0 Å². The van der Waals surface area contributed by atoms with Crippen LogP contribution in [0.5, 0.6) is 5.75 Å². The quantitative estimate of drug-likeness (QED) is 0.771. The van der Waals surface area contributed by atoms with Crippen molar-refractivity contribution < 1.29 is 9.13 Å². The molecule has 0 aliphatic carbocycles. The Morgan fingerprint density at radius 1 is 1.44 bits per heavy atom. The van der Waals surface area contributed by atoms with Gasteiger partial charge in [0.2, 0.25) is 5.95 Å². The highest BCUT2D eigenvalue weighted by Gasteiger charge is 2.10. The van der Waals surface area contributed by atoms with Crippen molar-refractivity contribution in [1.29, 1.82) is 0 Å². The van der Waals surface area contributed by atoms with Gasteiger partial charge in [-0.2, -0.15) is 5.10 Å². The molecule has 0 fully saturated rings. The Hall–Kier alpha value is -2.37. The van der Waals surface area contributed by atoms with E-state index in [9.17, 15) is 4.39 Å². The minimum absolute atomic E-state index is 0.212. The van der Waals surface area contributed by atoms with Crippen molar-refractivity contribution in [3.63, 3.8) is 0 Å². The maximum absolute atomic E-state index is 13.7. The molecule has 5 nitrogen and oxygen atoms in total. The molecule has 2 aromatic heterocycles. The van der Waals surface area contributed by atoms with Crippen LogP contribution < -0.4 is 4.74 Å². The molecule has 0 aliphatic heterocycles. The number of halogens is 1. The van der Waals surface area contributed by atoms with E-state index in [4.69, 9.17) is 4.74 Å². The molecule has 92 valence electrons. The number of hydrogen-bond donors (Lipinski definition) is 1. The van der Waals surface area contributed by atoms with E-state index in [1.165, 1.54) is 6.07 Å². The first kappa shape index (κ1) is 10.8. The van der Waals surface area contributed by atoms with E-state index in [1.54, 1.807) is 29.2 Å². The van der Waals surface area contributed by atoms with Gasteiger partial charge in [0.25, 0.3) is 0 Å². The first-order chi connectivity index (χ1) is 8.78. The van der Waals surface area contributed by atoms with Gasteiger partial charge in [0.1, 0.15) is 0 Å². The number of nitrogens with one attached hydrogen (secondary N) is 1. The second kappa shape index (κ2) is 4.14. The SMILES string of the molecule is CCOc1cc2nc(-n3cccn3)[nH]c2cc1F.